The lowest BCUT2D eigenvalue weighted by atomic mass is 9.85. The summed E-state index contributed by atoms with van der Waals surface area (Å²) in [4.78, 5) is 2.43. The van der Waals surface area contributed by atoms with Crippen LogP contribution in [-0.2, 0) is 0 Å². The Morgan fingerprint density at radius 1 is 1.06 bits per heavy atom. The molecule has 0 amide bonds. The Kier molecular flexibility index (Phi) is 4.22. The molecular weight excluding hydrogens is 202 g/mol. The Morgan fingerprint density at radius 3 is 2.50 bits per heavy atom. The van der Waals surface area contributed by atoms with Crippen molar-refractivity contribution < 1.29 is 10.2 Å². The molecule has 16 heavy (non-hydrogen) atoms. The first kappa shape index (κ1) is 12.3. The first-order valence-electron chi connectivity index (χ1n) is 6.75. The van der Waals surface area contributed by atoms with E-state index in [1.54, 1.807) is 0 Å². The molecule has 0 radical (unpaired) electrons. The molecule has 2 rings (SSSR count). The first-order chi connectivity index (χ1) is 7.66. The van der Waals surface area contributed by atoms with Gasteiger partial charge in [-0.15, -0.1) is 0 Å². The highest BCUT2D eigenvalue weighted by Crippen LogP contribution is 2.26. The molecule has 4 unspecified atom stereocenters. The summed E-state index contributed by atoms with van der Waals surface area (Å²) in [6, 6.07) is 0. The molecule has 2 aliphatic rings. The van der Waals surface area contributed by atoms with Crippen molar-refractivity contribution in [2.24, 2.45) is 11.8 Å². The quantitative estimate of drug-likeness (QED) is 0.746. The number of aliphatic hydroxyl groups excluding tert-OH is 2. The van der Waals surface area contributed by atoms with Gasteiger partial charge in [-0.05, 0) is 31.1 Å². The van der Waals surface area contributed by atoms with E-state index in [0.717, 1.165) is 32.5 Å². The molecule has 1 aliphatic carbocycles. The highest BCUT2D eigenvalue weighted by Gasteiger charge is 2.29. The smallest absolute Gasteiger partial charge is 0.0590 e. The number of piperidine rings is 1. The zero-order valence-electron chi connectivity index (χ0n) is 10.3. The van der Waals surface area contributed by atoms with E-state index >= 15 is 0 Å². The standard InChI is InChI=1S/C13H25NO2/c1-10-8-14(7-6-12(10)15)9-11-4-2-3-5-13(11)16/h10-13,15-16H,2-9H2,1H3. The maximum atomic E-state index is 9.94. The van der Waals surface area contributed by atoms with Gasteiger partial charge in [0.1, 0.15) is 0 Å². The molecule has 1 saturated carbocycles. The molecule has 2 N–H and O–H groups in total. The van der Waals surface area contributed by atoms with Crippen molar-refractivity contribution >= 4 is 0 Å². The van der Waals surface area contributed by atoms with Crippen molar-refractivity contribution in [1.82, 2.24) is 4.90 Å². The summed E-state index contributed by atoms with van der Waals surface area (Å²) in [5.74, 6) is 0.852. The van der Waals surface area contributed by atoms with Crippen molar-refractivity contribution in [1.29, 1.82) is 0 Å². The van der Waals surface area contributed by atoms with Crippen LogP contribution in [0.25, 0.3) is 0 Å². The van der Waals surface area contributed by atoms with Gasteiger partial charge in [0.25, 0.3) is 0 Å². The molecule has 0 aromatic heterocycles. The SMILES string of the molecule is CC1CN(CC2CCCCC2O)CCC1O. The summed E-state index contributed by atoms with van der Waals surface area (Å²) < 4.78 is 0. The summed E-state index contributed by atoms with van der Waals surface area (Å²) >= 11 is 0. The van der Waals surface area contributed by atoms with Crippen LogP contribution in [0.4, 0.5) is 0 Å². The molecule has 2 fully saturated rings. The molecule has 3 heteroatoms. The first-order valence-corrected chi connectivity index (χ1v) is 6.75. The second-order valence-corrected chi connectivity index (χ2v) is 5.70. The van der Waals surface area contributed by atoms with E-state index in [1.165, 1.54) is 19.3 Å². The van der Waals surface area contributed by atoms with Gasteiger partial charge < -0.3 is 15.1 Å². The second-order valence-electron chi connectivity index (χ2n) is 5.70. The molecule has 0 bridgehead atoms. The van der Waals surface area contributed by atoms with Crippen LogP contribution in [0, 0.1) is 11.8 Å². The summed E-state index contributed by atoms with van der Waals surface area (Å²) in [5.41, 5.74) is 0. The fourth-order valence-corrected chi connectivity index (χ4v) is 3.12. The van der Waals surface area contributed by atoms with E-state index in [2.05, 4.69) is 11.8 Å². The third kappa shape index (κ3) is 2.96. The summed E-state index contributed by atoms with van der Waals surface area (Å²) in [5, 5.41) is 19.6. The van der Waals surface area contributed by atoms with Crippen molar-refractivity contribution in [3.8, 4) is 0 Å². The Balaban J connectivity index is 1.80. The van der Waals surface area contributed by atoms with Crippen LogP contribution in [-0.4, -0.2) is 47.0 Å². The van der Waals surface area contributed by atoms with Crippen LogP contribution in [0.1, 0.15) is 39.0 Å². The second kappa shape index (κ2) is 5.48. The van der Waals surface area contributed by atoms with Gasteiger partial charge in [-0.1, -0.05) is 19.8 Å². The highest BCUT2D eigenvalue weighted by atomic mass is 16.3. The van der Waals surface area contributed by atoms with Gasteiger partial charge in [-0.2, -0.15) is 0 Å². The maximum absolute atomic E-state index is 9.94. The van der Waals surface area contributed by atoms with Gasteiger partial charge in [-0.3, -0.25) is 0 Å². The average molecular weight is 227 g/mol. The van der Waals surface area contributed by atoms with Gasteiger partial charge in [0.2, 0.25) is 0 Å². The zero-order chi connectivity index (χ0) is 11.5. The molecule has 4 atom stereocenters. The minimum atomic E-state index is -0.118. The number of nitrogens with zero attached hydrogens (tertiary/aromatic N) is 1. The minimum Gasteiger partial charge on any atom is -0.393 e. The van der Waals surface area contributed by atoms with Crippen LogP contribution in [0.5, 0.6) is 0 Å². The molecule has 0 aromatic rings. The fourth-order valence-electron chi connectivity index (χ4n) is 3.12. The molecule has 1 saturated heterocycles. The van der Waals surface area contributed by atoms with Gasteiger partial charge in [0.05, 0.1) is 12.2 Å². The van der Waals surface area contributed by atoms with Crippen molar-refractivity contribution in [3.63, 3.8) is 0 Å². The van der Waals surface area contributed by atoms with Crippen LogP contribution in [0.2, 0.25) is 0 Å². The van der Waals surface area contributed by atoms with E-state index < -0.39 is 0 Å². The minimum absolute atomic E-state index is 0.0871. The third-order valence-corrected chi connectivity index (χ3v) is 4.31. The lowest BCUT2D eigenvalue weighted by Crippen LogP contribution is -2.45. The van der Waals surface area contributed by atoms with E-state index in [-0.39, 0.29) is 12.2 Å². The van der Waals surface area contributed by atoms with Crippen LogP contribution < -0.4 is 0 Å². The van der Waals surface area contributed by atoms with Gasteiger partial charge in [0, 0.05) is 19.6 Å². The third-order valence-electron chi connectivity index (χ3n) is 4.31. The van der Waals surface area contributed by atoms with Crippen molar-refractivity contribution in [2.45, 2.75) is 51.2 Å². The molecule has 3 nitrogen and oxygen atoms in total. The lowest BCUT2D eigenvalue weighted by molar-refractivity contribution is 0.00277. The number of hydrogen-bond acceptors (Lipinski definition) is 3. The van der Waals surface area contributed by atoms with Gasteiger partial charge in [-0.25, -0.2) is 0 Å². The van der Waals surface area contributed by atoms with Crippen LogP contribution in [0.15, 0.2) is 0 Å². The van der Waals surface area contributed by atoms with E-state index in [0.29, 0.717) is 11.8 Å². The molecular formula is C13H25NO2. The Morgan fingerprint density at radius 2 is 1.81 bits per heavy atom. The molecule has 94 valence electrons. The van der Waals surface area contributed by atoms with E-state index in [1.807, 2.05) is 0 Å². The Labute approximate surface area is 98.5 Å². The number of aliphatic hydroxyl groups is 2. The predicted molar refractivity (Wildman–Crippen MR) is 64.2 cm³/mol. The number of likely N-dealkylation sites (tertiary alicyclic amines) is 1. The Bertz CT molecular complexity index is 222. The van der Waals surface area contributed by atoms with Gasteiger partial charge in [0.15, 0.2) is 0 Å². The largest absolute Gasteiger partial charge is 0.393 e. The molecule has 0 aromatic carbocycles. The predicted octanol–water partition coefficient (Wildman–Crippen LogP) is 1.24. The van der Waals surface area contributed by atoms with E-state index in [9.17, 15) is 10.2 Å². The fraction of sp³-hybridized carbons (Fsp3) is 1.00. The Hall–Kier alpha value is -0.120. The average Bonchev–Trinajstić information content (AvgIpc) is 2.27. The lowest BCUT2D eigenvalue weighted by Gasteiger charge is -2.38. The summed E-state index contributed by atoms with van der Waals surface area (Å²) in [6.07, 6.45) is 5.30. The zero-order valence-corrected chi connectivity index (χ0v) is 10.3. The normalized spacial score (nSPS) is 42.2. The van der Waals surface area contributed by atoms with Crippen LogP contribution >= 0.6 is 0 Å². The number of hydrogen-bond donors (Lipinski definition) is 2. The molecule has 0 spiro atoms. The van der Waals surface area contributed by atoms with Crippen molar-refractivity contribution in [3.05, 3.63) is 0 Å². The summed E-state index contributed by atoms with van der Waals surface area (Å²) in [7, 11) is 0. The maximum Gasteiger partial charge on any atom is 0.0590 e. The van der Waals surface area contributed by atoms with Crippen molar-refractivity contribution in [2.75, 3.05) is 19.6 Å². The molecule has 1 heterocycles. The summed E-state index contributed by atoms with van der Waals surface area (Å²) in [6.45, 7) is 5.13. The van der Waals surface area contributed by atoms with Gasteiger partial charge >= 0.3 is 0 Å². The van der Waals surface area contributed by atoms with Crippen LogP contribution in [0.3, 0.4) is 0 Å². The monoisotopic (exact) mass is 227 g/mol. The molecule has 1 aliphatic heterocycles. The topological polar surface area (TPSA) is 43.7 Å². The highest BCUT2D eigenvalue weighted by molar-refractivity contribution is 4.82. The van der Waals surface area contributed by atoms with E-state index in [4.69, 9.17) is 0 Å². The number of rotatable bonds is 2.